The first-order chi connectivity index (χ1) is 10.0. The van der Waals surface area contributed by atoms with E-state index in [0.29, 0.717) is 0 Å². The molecule has 0 unspecified atom stereocenters. The van der Waals surface area contributed by atoms with E-state index in [1.807, 2.05) is 0 Å². The molecule has 0 fully saturated rings. The van der Waals surface area contributed by atoms with Gasteiger partial charge in [-0.15, -0.1) is 0 Å². The second-order valence-corrected chi connectivity index (χ2v) is 6.59. The maximum Gasteiger partial charge on any atom is 0.190 e. The average molecular weight is 303 g/mol. The minimum atomic E-state index is 0.915. The molecule has 2 rings (SSSR count). The summed E-state index contributed by atoms with van der Waals surface area (Å²) in [4.78, 5) is 8.25. The van der Waals surface area contributed by atoms with Crippen LogP contribution in [0.15, 0.2) is 18.2 Å². The van der Waals surface area contributed by atoms with Crippen LogP contribution in [0.25, 0.3) is 0 Å². The van der Waals surface area contributed by atoms with Crippen molar-refractivity contribution in [3.63, 3.8) is 0 Å². The van der Waals surface area contributed by atoms with E-state index in [0.717, 1.165) is 30.3 Å². The highest BCUT2D eigenvalue weighted by Gasteiger charge is 2.13. The summed E-state index contributed by atoms with van der Waals surface area (Å²) >= 11 is 1.78. The largest absolute Gasteiger partial charge is 0.321 e. The van der Waals surface area contributed by atoms with Crippen LogP contribution >= 0.6 is 11.3 Å². The molecular formula is C17H25N3S. The van der Waals surface area contributed by atoms with Crippen molar-refractivity contribution in [1.29, 1.82) is 0 Å². The van der Waals surface area contributed by atoms with Gasteiger partial charge in [-0.3, -0.25) is 0 Å². The molecule has 0 aliphatic heterocycles. The summed E-state index contributed by atoms with van der Waals surface area (Å²) < 4.78 is 0. The number of rotatable bonds is 6. The number of hydrogen-bond acceptors (Lipinski definition) is 4. The number of aromatic nitrogens is 1. The van der Waals surface area contributed by atoms with Crippen molar-refractivity contribution in [1.82, 2.24) is 10.3 Å². The standard InChI is InChI=1S/C17H25N3S/c1-6-9-18-11-16-14(4)19-17(21-16)20(5)15-8-7-12(2)10-13(15)3/h7-8,10,18H,6,9,11H2,1-5H3. The van der Waals surface area contributed by atoms with E-state index in [1.54, 1.807) is 11.3 Å². The van der Waals surface area contributed by atoms with Gasteiger partial charge in [-0.1, -0.05) is 36.0 Å². The summed E-state index contributed by atoms with van der Waals surface area (Å²) in [6.45, 7) is 10.5. The van der Waals surface area contributed by atoms with Gasteiger partial charge in [0.25, 0.3) is 0 Å². The quantitative estimate of drug-likeness (QED) is 0.805. The number of thiazole rings is 1. The first kappa shape index (κ1) is 16.0. The fourth-order valence-electron chi connectivity index (χ4n) is 2.38. The van der Waals surface area contributed by atoms with Gasteiger partial charge in [0.1, 0.15) is 0 Å². The Balaban J connectivity index is 2.19. The molecule has 4 heteroatoms. The molecule has 0 bridgehead atoms. The molecule has 2 aromatic rings. The highest BCUT2D eigenvalue weighted by atomic mass is 32.1. The zero-order valence-corrected chi connectivity index (χ0v) is 14.5. The van der Waals surface area contributed by atoms with Crippen molar-refractivity contribution in [2.45, 2.75) is 40.7 Å². The van der Waals surface area contributed by atoms with E-state index in [-0.39, 0.29) is 0 Å². The van der Waals surface area contributed by atoms with E-state index in [2.05, 4.69) is 63.2 Å². The Hall–Kier alpha value is -1.39. The van der Waals surface area contributed by atoms with Crippen LogP contribution in [-0.2, 0) is 6.54 Å². The summed E-state index contributed by atoms with van der Waals surface area (Å²) in [7, 11) is 2.10. The van der Waals surface area contributed by atoms with E-state index in [1.165, 1.54) is 21.7 Å². The lowest BCUT2D eigenvalue weighted by Crippen LogP contribution is -2.13. The van der Waals surface area contributed by atoms with Crippen molar-refractivity contribution in [2.24, 2.45) is 0 Å². The molecule has 0 spiro atoms. The van der Waals surface area contributed by atoms with Crippen LogP contribution in [0, 0.1) is 20.8 Å². The first-order valence-corrected chi connectivity index (χ1v) is 8.32. The second-order valence-electron chi connectivity index (χ2n) is 5.53. The average Bonchev–Trinajstić information content (AvgIpc) is 2.80. The number of benzene rings is 1. The molecule has 114 valence electrons. The third-order valence-corrected chi connectivity index (χ3v) is 4.83. The van der Waals surface area contributed by atoms with Crippen LogP contribution < -0.4 is 10.2 Å². The van der Waals surface area contributed by atoms with Gasteiger partial charge >= 0.3 is 0 Å². The Morgan fingerprint density at radius 3 is 2.67 bits per heavy atom. The van der Waals surface area contributed by atoms with E-state index >= 15 is 0 Å². The predicted octanol–water partition coefficient (Wildman–Crippen LogP) is 4.34. The van der Waals surface area contributed by atoms with Gasteiger partial charge in [0, 0.05) is 24.2 Å². The number of anilines is 2. The zero-order chi connectivity index (χ0) is 15.4. The van der Waals surface area contributed by atoms with Crippen LogP contribution in [0.4, 0.5) is 10.8 Å². The molecule has 0 saturated carbocycles. The number of aryl methyl sites for hydroxylation is 3. The van der Waals surface area contributed by atoms with Crippen LogP contribution in [0.2, 0.25) is 0 Å². The fourth-order valence-corrected chi connectivity index (χ4v) is 3.39. The summed E-state index contributed by atoms with van der Waals surface area (Å²) in [5.74, 6) is 0. The Bertz CT molecular complexity index is 604. The minimum Gasteiger partial charge on any atom is -0.321 e. The Morgan fingerprint density at radius 2 is 2.00 bits per heavy atom. The highest BCUT2D eigenvalue weighted by Crippen LogP contribution is 2.32. The maximum atomic E-state index is 4.73. The van der Waals surface area contributed by atoms with Gasteiger partial charge in [0.05, 0.1) is 5.69 Å². The fraction of sp³-hybridized carbons (Fsp3) is 0.471. The third-order valence-electron chi connectivity index (χ3n) is 3.59. The van der Waals surface area contributed by atoms with Gasteiger partial charge in [-0.05, 0) is 45.4 Å². The normalized spacial score (nSPS) is 10.9. The SMILES string of the molecule is CCCNCc1sc(N(C)c2ccc(C)cc2C)nc1C. The smallest absolute Gasteiger partial charge is 0.190 e. The lowest BCUT2D eigenvalue weighted by molar-refractivity contribution is 0.678. The maximum absolute atomic E-state index is 4.73. The third kappa shape index (κ3) is 3.83. The van der Waals surface area contributed by atoms with Gasteiger partial charge in [-0.2, -0.15) is 0 Å². The van der Waals surface area contributed by atoms with Crippen LogP contribution in [0.3, 0.4) is 0 Å². The van der Waals surface area contributed by atoms with Crippen LogP contribution in [0.5, 0.6) is 0 Å². The minimum absolute atomic E-state index is 0.915. The summed E-state index contributed by atoms with van der Waals surface area (Å²) in [5.41, 5.74) is 4.94. The van der Waals surface area contributed by atoms with Crippen molar-refractivity contribution in [2.75, 3.05) is 18.5 Å². The Kier molecular flexibility index (Phi) is 5.37. The Morgan fingerprint density at radius 1 is 1.24 bits per heavy atom. The van der Waals surface area contributed by atoms with Gasteiger partial charge < -0.3 is 10.2 Å². The van der Waals surface area contributed by atoms with Crippen LogP contribution in [0.1, 0.15) is 35.0 Å². The molecule has 0 aliphatic rings. The van der Waals surface area contributed by atoms with Gasteiger partial charge in [0.2, 0.25) is 0 Å². The highest BCUT2D eigenvalue weighted by molar-refractivity contribution is 7.15. The number of nitrogens with zero attached hydrogens (tertiary/aromatic N) is 2. The second kappa shape index (κ2) is 7.05. The molecule has 1 aromatic heterocycles. The van der Waals surface area contributed by atoms with Crippen molar-refractivity contribution in [3.05, 3.63) is 39.9 Å². The number of nitrogens with one attached hydrogen (secondary N) is 1. The van der Waals surface area contributed by atoms with Crippen molar-refractivity contribution < 1.29 is 0 Å². The van der Waals surface area contributed by atoms with E-state index in [4.69, 9.17) is 4.98 Å². The lowest BCUT2D eigenvalue weighted by atomic mass is 10.1. The van der Waals surface area contributed by atoms with Gasteiger partial charge in [0.15, 0.2) is 5.13 Å². The van der Waals surface area contributed by atoms with Crippen molar-refractivity contribution in [3.8, 4) is 0 Å². The van der Waals surface area contributed by atoms with Gasteiger partial charge in [-0.25, -0.2) is 4.98 Å². The Labute approximate surface area is 132 Å². The lowest BCUT2D eigenvalue weighted by Gasteiger charge is -2.18. The van der Waals surface area contributed by atoms with Crippen LogP contribution in [-0.4, -0.2) is 18.6 Å². The molecule has 1 N–H and O–H groups in total. The molecular weight excluding hydrogens is 278 g/mol. The number of hydrogen-bond donors (Lipinski definition) is 1. The molecule has 1 heterocycles. The summed E-state index contributed by atoms with van der Waals surface area (Å²) in [6.07, 6.45) is 1.16. The molecule has 3 nitrogen and oxygen atoms in total. The topological polar surface area (TPSA) is 28.2 Å². The molecule has 1 aromatic carbocycles. The van der Waals surface area contributed by atoms with E-state index < -0.39 is 0 Å². The molecule has 0 radical (unpaired) electrons. The molecule has 0 aliphatic carbocycles. The van der Waals surface area contributed by atoms with Crippen molar-refractivity contribution >= 4 is 22.2 Å². The van der Waals surface area contributed by atoms with E-state index in [9.17, 15) is 0 Å². The first-order valence-electron chi connectivity index (χ1n) is 7.51. The molecule has 0 amide bonds. The summed E-state index contributed by atoms with van der Waals surface area (Å²) in [6, 6.07) is 6.55. The predicted molar refractivity (Wildman–Crippen MR) is 92.8 cm³/mol. The zero-order valence-electron chi connectivity index (χ0n) is 13.7. The molecule has 21 heavy (non-hydrogen) atoms. The molecule has 0 saturated heterocycles. The summed E-state index contributed by atoms with van der Waals surface area (Å²) in [5, 5.41) is 4.52. The monoisotopic (exact) mass is 303 g/mol. The molecule has 0 atom stereocenters.